The summed E-state index contributed by atoms with van der Waals surface area (Å²) in [6, 6.07) is 7.60. The highest BCUT2D eigenvalue weighted by Crippen LogP contribution is 2.19. The lowest BCUT2D eigenvalue weighted by Crippen LogP contribution is -2.29. The van der Waals surface area contributed by atoms with Gasteiger partial charge in [-0.05, 0) is 18.6 Å². The summed E-state index contributed by atoms with van der Waals surface area (Å²) in [6.07, 6.45) is 0.0338. The summed E-state index contributed by atoms with van der Waals surface area (Å²) in [7, 11) is 1.37. The summed E-state index contributed by atoms with van der Waals surface area (Å²) >= 11 is 3.29. The molecule has 1 rings (SSSR count). The van der Waals surface area contributed by atoms with Gasteiger partial charge in [-0.1, -0.05) is 34.1 Å². The summed E-state index contributed by atoms with van der Waals surface area (Å²) in [5.74, 6) is 0.376. The van der Waals surface area contributed by atoms with E-state index in [1.165, 1.54) is 7.11 Å². The summed E-state index contributed by atoms with van der Waals surface area (Å²) in [5.41, 5.74) is 1.01. The zero-order valence-electron chi connectivity index (χ0n) is 9.40. The Labute approximate surface area is 104 Å². The van der Waals surface area contributed by atoms with E-state index in [-0.39, 0.29) is 5.97 Å². The maximum absolute atomic E-state index is 11.4. The molecule has 1 atom stereocenters. The second kappa shape index (κ2) is 6.53. The van der Waals surface area contributed by atoms with E-state index in [0.717, 1.165) is 11.3 Å². The molecule has 0 radical (unpaired) electrons. The molecule has 4 heteroatoms. The van der Waals surface area contributed by atoms with Crippen LogP contribution in [0.5, 0.6) is 5.75 Å². The average Bonchev–Trinajstić information content (AvgIpc) is 2.30. The van der Waals surface area contributed by atoms with E-state index in [1.807, 2.05) is 31.2 Å². The van der Waals surface area contributed by atoms with E-state index < -0.39 is 6.10 Å². The van der Waals surface area contributed by atoms with Crippen molar-refractivity contribution in [2.45, 2.75) is 19.4 Å². The van der Waals surface area contributed by atoms with Gasteiger partial charge in [0.05, 0.1) is 7.11 Å². The molecule has 0 heterocycles. The minimum atomic E-state index is -0.550. The van der Waals surface area contributed by atoms with Crippen molar-refractivity contribution < 1.29 is 14.3 Å². The third-order valence-corrected chi connectivity index (χ3v) is 2.66. The largest absolute Gasteiger partial charge is 0.478 e. The molecule has 0 saturated carbocycles. The first-order chi connectivity index (χ1) is 7.69. The van der Waals surface area contributed by atoms with Crippen LogP contribution < -0.4 is 4.74 Å². The van der Waals surface area contributed by atoms with Crippen LogP contribution >= 0.6 is 15.9 Å². The lowest BCUT2D eigenvalue weighted by Gasteiger charge is -2.17. The molecule has 0 N–H and O–H groups in total. The Bertz CT molecular complexity index is 352. The Hall–Kier alpha value is -1.03. The smallest absolute Gasteiger partial charge is 0.347 e. The van der Waals surface area contributed by atoms with Crippen molar-refractivity contribution in [2.75, 3.05) is 12.4 Å². The maximum Gasteiger partial charge on any atom is 0.347 e. The predicted octanol–water partition coefficient (Wildman–Crippen LogP) is 2.70. The van der Waals surface area contributed by atoms with Crippen LogP contribution in [0.3, 0.4) is 0 Å². The van der Waals surface area contributed by atoms with Gasteiger partial charge in [0.2, 0.25) is 0 Å². The molecular weight excluding hydrogens is 272 g/mol. The Morgan fingerprint density at radius 3 is 2.69 bits per heavy atom. The first-order valence-corrected chi connectivity index (χ1v) is 6.17. The van der Waals surface area contributed by atoms with Crippen LogP contribution in [0.15, 0.2) is 24.3 Å². The van der Waals surface area contributed by atoms with E-state index in [2.05, 4.69) is 15.9 Å². The standard InChI is InChI=1S/C12H15BrO3/c1-9-5-3-4-6-10(9)16-11(7-8-13)12(14)15-2/h3-6,11H,7-8H2,1-2H3. The molecule has 0 spiro atoms. The number of esters is 1. The number of para-hydroxylation sites is 1. The van der Waals surface area contributed by atoms with Gasteiger partial charge in [-0.3, -0.25) is 0 Å². The SMILES string of the molecule is COC(=O)C(CCBr)Oc1ccccc1C. The number of carbonyl (C=O) groups excluding carboxylic acids is 1. The minimum absolute atomic E-state index is 0.345. The topological polar surface area (TPSA) is 35.5 Å². The maximum atomic E-state index is 11.4. The monoisotopic (exact) mass is 286 g/mol. The van der Waals surface area contributed by atoms with Crippen LogP contribution in [0, 0.1) is 6.92 Å². The van der Waals surface area contributed by atoms with E-state index in [1.54, 1.807) is 0 Å². The van der Waals surface area contributed by atoms with E-state index in [9.17, 15) is 4.79 Å². The Kier molecular flexibility index (Phi) is 5.32. The van der Waals surface area contributed by atoms with Crippen molar-refractivity contribution in [1.82, 2.24) is 0 Å². The van der Waals surface area contributed by atoms with Crippen molar-refractivity contribution in [3.05, 3.63) is 29.8 Å². The number of hydrogen-bond acceptors (Lipinski definition) is 3. The second-order valence-electron chi connectivity index (χ2n) is 3.37. The Morgan fingerprint density at radius 2 is 2.12 bits per heavy atom. The fourth-order valence-electron chi connectivity index (χ4n) is 1.30. The molecule has 0 aromatic heterocycles. The Balaban J connectivity index is 2.75. The number of carbonyl (C=O) groups is 1. The van der Waals surface area contributed by atoms with Crippen molar-refractivity contribution >= 4 is 21.9 Å². The minimum Gasteiger partial charge on any atom is -0.478 e. The molecule has 1 unspecified atom stereocenters. The van der Waals surface area contributed by atoms with Crippen molar-refractivity contribution in [3.63, 3.8) is 0 Å². The van der Waals surface area contributed by atoms with Gasteiger partial charge in [0.1, 0.15) is 5.75 Å². The average molecular weight is 287 g/mol. The van der Waals surface area contributed by atoms with Gasteiger partial charge >= 0.3 is 5.97 Å². The molecule has 1 aromatic rings. The number of hydrogen-bond donors (Lipinski definition) is 0. The van der Waals surface area contributed by atoms with Crippen molar-refractivity contribution in [1.29, 1.82) is 0 Å². The number of halogens is 1. The lowest BCUT2D eigenvalue weighted by molar-refractivity contribution is -0.148. The number of benzene rings is 1. The molecule has 16 heavy (non-hydrogen) atoms. The fraction of sp³-hybridized carbons (Fsp3) is 0.417. The summed E-state index contributed by atoms with van der Waals surface area (Å²) < 4.78 is 10.3. The first-order valence-electron chi connectivity index (χ1n) is 5.05. The van der Waals surface area contributed by atoms with Gasteiger partial charge in [-0.2, -0.15) is 0 Å². The van der Waals surface area contributed by atoms with Crippen LogP contribution in [-0.4, -0.2) is 24.5 Å². The van der Waals surface area contributed by atoms with Crippen LogP contribution in [-0.2, 0) is 9.53 Å². The molecule has 3 nitrogen and oxygen atoms in total. The molecule has 0 bridgehead atoms. The van der Waals surface area contributed by atoms with Gasteiger partial charge in [0.25, 0.3) is 0 Å². The highest BCUT2D eigenvalue weighted by atomic mass is 79.9. The van der Waals surface area contributed by atoms with Crippen LogP contribution in [0.4, 0.5) is 0 Å². The lowest BCUT2D eigenvalue weighted by atomic mass is 10.2. The van der Waals surface area contributed by atoms with Gasteiger partial charge in [0, 0.05) is 11.8 Å². The Morgan fingerprint density at radius 1 is 1.44 bits per heavy atom. The van der Waals surface area contributed by atoms with Crippen molar-refractivity contribution in [3.8, 4) is 5.75 Å². The third-order valence-electron chi connectivity index (χ3n) is 2.20. The molecule has 88 valence electrons. The highest BCUT2D eigenvalue weighted by Gasteiger charge is 2.20. The zero-order chi connectivity index (χ0) is 12.0. The number of ether oxygens (including phenoxy) is 2. The van der Waals surface area contributed by atoms with Gasteiger partial charge in [-0.25, -0.2) is 4.79 Å². The van der Waals surface area contributed by atoms with Gasteiger partial charge in [-0.15, -0.1) is 0 Å². The molecular formula is C12H15BrO3. The molecule has 0 aliphatic heterocycles. The number of rotatable bonds is 5. The second-order valence-corrected chi connectivity index (χ2v) is 4.17. The molecule has 0 amide bonds. The molecule has 0 saturated heterocycles. The quantitative estimate of drug-likeness (QED) is 0.617. The first kappa shape index (κ1) is 13.0. The van der Waals surface area contributed by atoms with Crippen LogP contribution in [0.25, 0.3) is 0 Å². The predicted molar refractivity (Wildman–Crippen MR) is 66.0 cm³/mol. The summed E-state index contributed by atoms with van der Waals surface area (Å²) in [6.45, 7) is 1.94. The number of alkyl halides is 1. The summed E-state index contributed by atoms with van der Waals surface area (Å²) in [4.78, 5) is 11.4. The van der Waals surface area contributed by atoms with E-state index >= 15 is 0 Å². The molecule has 1 aromatic carbocycles. The van der Waals surface area contributed by atoms with E-state index in [0.29, 0.717) is 11.8 Å². The normalized spacial score (nSPS) is 11.9. The summed E-state index contributed by atoms with van der Waals surface area (Å²) in [5, 5.41) is 0.693. The highest BCUT2D eigenvalue weighted by molar-refractivity contribution is 9.09. The molecule has 0 aliphatic rings. The van der Waals surface area contributed by atoms with Gasteiger partial charge in [0.15, 0.2) is 6.10 Å². The number of aryl methyl sites for hydroxylation is 1. The number of methoxy groups -OCH3 is 1. The van der Waals surface area contributed by atoms with Gasteiger partial charge < -0.3 is 9.47 Å². The fourth-order valence-corrected chi connectivity index (χ4v) is 1.71. The molecule has 0 aliphatic carbocycles. The zero-order valence-corrected chi connectivity index (χ0v) is 11.0. The van der Waals surface area contributed by atoms with Crippen LogP contribution in [0.1, 0.15) is 12.0 Å². The van der Waals surface area contributed by atoms with Crippen molar-refractivity contribution in [2.24, 2.45) is 0 Å². The molecule has 0 fully saturated rings. The van der Waals surface area contributed by atoms with Crippen LogP contribution in [0.2, 0.25) is 0 Å². The third kappa shape index (κ3) is 3.52. The van der Waals surface area contributed by atoms with E-state index in [4.69, 9.17) is 9.47 Å².